The second kappa shape index (κ2) is 4.91. The molecule has 0 aliphatic carbocycles. The molecule has 3 rings (SSSR count). The fourth-order valence-corrected chi connectivity index (χ4v) is 2.31. The number of aromatic nitrogens is 3. The molecule has 2 aromatic rings. The molecular formula is C12H17N5O. The van der Waals surface area contributed by atoms with Gasteiger partial charge in [0.15, 0.2) is 0 Å². The highest BCUT2D eigenvalue weighted by Gasteiger charge is 2.19. The second-order valence-electron chi connectivity index (χ2n) is 4.55. The van der Waals surface area contributed by atoms with Crippen LogP contribution in [-0.4, -0.2) is 33.3 Å². The fraction of sp³-hybridized carbons (Fsp3) is 0.500. The Morgan fingerprint density at radius 1 is 1.44 bits per heavy atom. The third-order valence-electron chi connectivity index (χ3n) is 3.29. The van der Waals surface area contributed by atoms with Crippen LogP contribution in [0.1, 0.15) is 17.1 Å². The van der Waals surface area contributed by atoms with Crippen LogP contribution in [0.15, 0.2) is 23.1 Å². The molecule has 0 aromatic carbocycles. The molecule has 6 heteroatoms. The van der Waals surface area contributed by atoms with E-state index in [1.165, 1.54) is 5.56 Å². The van der Waals surface area contributed by atoms with E-state index in [0.29, 0.717) is 0 Å². The normalized spacial score (nSPS) is 15.8. The lowest BCUT2D eigenvalue weighted by Crippen LogP contribution is -2.33. The van der Waals surface area contributed by atoms with Crippen LogP contribution >= 0.6 is 0 Å². The van der Waals surface area contributed by atoms with Gasteiger partial charge in [0.2, 0.25) is 0 Å². The van der Waals surface area contributed by atoms with Gasteiger partial charge >= 0.3 is 0 Å². The monoisotopic (exact) mass is 247 g/mol. The highest BCUT2D eigenvalue weighted by Crippen LogP contribution is 2.17. The number of fused-ring (bicyclic) bond motifs is 1. The summed E-state index contributed by atoms with van der Waals surface area (Å²) in [6, 6.07) is 2.03. The minimum atomic E-state index is 0.830. The molecule has 0 spiro atoms. The van der Waals surface area contributed by atoms with Crippen molar-refractivity contribution in [3.8, 4) is 0 Å². The lowest BCUT2D eigenvalue weighted by atomic mass is 10.2. The van der Waals surface area contributed by atoms with E-state index in [0.717, 1.165) is 44.3 Å². The van der Waals surface area contributed by atoms with E-state index in [-0.39, 0.29) is 0 Å². The van der Waals surface area contributed by atoms with E-state index in [4.69, 9.17) is 4.42 Å². The zero-order chi connectivity index (χ0) is 12.4. The minimum absolute atomic E-state index is 0.830. The Kier molecular flexibility index (Phi) is 3.12. The molecular weight excluding hydrogens is 230 g/mol. The van der Waals surface area contributed by atoms with Crippen LogP contribution in [0.2, 0.25) is 0 Å². The van der Waals surface area contributed by atoms with Gasteiger partial charge in [0.25, 0.3) is 0 Å². The van der Waals surface area contributed by atoms with Crippen LogP contribution in [0.3, 0.4) is 0 Å². The molecule has 0 amide bonds. The molecule has 0 atom stereocenters. The molecule has 1 aliphatic heterocycles. The number of nitrogens with one attached hydrogen (secondary N) is 1. The number of hydrogen-bond acceptors (Lipinski definition) is 5. The predicted octanol–water partition coefficient (Wildman–Crippen LogP) is 0.606. The third kappa shape index (κ3) is 2.16. The maximum absolute atomic E-state index is 5.56. The van der Waals surface area contributed by atoms with Crippen molar-refractivity contribution in [1.29, 1.82) is 0 Å². The Morgan fingerprint density at radius 3 is 3.28 bits per heavy atom. The van der Waals surface area contributed by atoms with Gasteiger partial charge in [-0.15, -0.1) is 10.2 Å². The molecule has 96 valence electrons. The highest BCUT2D eigenvalue weighted by atomic mass is 16.3. The summed E-state index contributed by atoms with van der Waals surface area (Å²) in [4.78, 5) is 2.34. The number of hydrogen-bond donors (Lipinski definition) is 1. The molecule has 3 heterocycles. The molecule has 0 unspecified atom stereocenters. The van der Waals surface area contributed by atoms with Crippen molar-refractivity contribution >= 4 is 0 Å². The van der Waals surface area contributed by atoms with Gasteiger partial charge in [-0.2, -0.15) is 0 Å². The van der Waals surface area contributed by atoms with Gasteiger partial charge in [-0.25, -0.2) is 0 Å². The van der Waals surface area contributed by atoms with Crippen LogP contribution in [0.25, 0.3) is 0 Å². The first-order valence-electron chi connectivity index (χ1n) is 6.15. The van der Waals surface area contributed by atoms with Crippen LogP contribution in [-0.2, 0) is 26.2 Å². The number of furan rings is 1. The van der Waals surface area contributed by atoms with Gasteiger partial charge in [-0.1, -0.05) is 0 Å². The van der Waals surface area contributed by atoms with Gasteiger partial charge < -0.3 is 14.3 Å². The molecule has 0 bridgehead atoms. The van der Waals surface area contributed by atoms with Crippen molar-refractivity contribution in [3.63, 3.8) is 0 Å². The van der Waals surface area contributed by atoms with Crippen LogP contribution in [0, 0.1) is 0 Å². The summed E-state index contributed by atoms with van der Waals surface area (Å²) >= 11 is 0. The Labute approximate surface area is 106 Å². The molecule has 0 fully saturated rings. The van der Waals surface area contributed by atoms with E-state index in [2.05, 4.69) is 25.0 Å². The van der Waals surface area contributed by atoms with E-state index in [1.807, 2.05) is 13.1 Å². The molecule has 2 aromatic heterocycles. The number of nitrogens with zero attached hydrogens (tertiary/aromatic N) is 4. The average Bonchev–Trinajstić information content (AvgIpc) is 2.99. The molecule has 0 saturated heterocycles. The summed E-state index contributed by atoms with van der Waals surface area (Å²) in [6.07, 6.45) is 3.56. The largest absolute Gasteiger partial charge is 0.468 e. The molecule has 0 radical (unpaired) electrons. The first-order valence-corrected chi connectivity index (χ1v) is 6.15. The minimum Gasteiger partial charge on any atom is -0.468 e. The van der Waals surface area contributed by atoms with Crippen molar-refractivity contribution in [2.45, 2.75) is 26.2 Å². The molecule has 18 heavy (non-hydrogen) atoms. The van der Waals surface area contributed by atoms with E-state index >= 15 is 0 Å². The van der Waals surface area contributed by atoms with Crippen molar-refractivity contribution in [2.75, 3.05) is 13.6 Å². The van der Waals surface area contributed by atoms with Gasteiger partial charge in [-0.05, 0) is 13.1 Å². The maximum Gasteiger partial charge on any atom is 0.147 e. The smallest absolute Gasteiger partial charge is 0.147 e. The lowest BCUT2D eigenvalue weighted by molar-refractivity contribution is 0.193. The lowest BCUT2D eigenvalue weighted by Gasteiger charge is -2.26. The van der Waals surface area contributed by atoms with E-state index in [9.17, 15) is 0 Å². The summed E-state index contributed by atoms with van der Waals surface area (Å²) < 4.78 is 7.67. The first kappa shape index (κ1) is 11.4. The predicted molar refractivity (Wildman–Crippen MR) is 65.6 cm³/mol. The van der Waals surface area contributed by atoms with Crippen molar-refractivity contribution < 1.29 is 4.42 Å². The van der Waals surface area contributed by atoms with Gasteiger partial charge in [0.1, 0.15) is 17.9 Å². The van der Waals surface area contributed by atoms with Crippen LogP contribution < -0.4 is 5.32 Å². The van der Waals surface area contributed by atoms with E-state index in [1.54, 1.807) is 12.6 Å². The average molecular weight is 247 g/mol. The summed E-state index contributed by atoms with van der Waals surface area (Å²) in [5.74, 6) is 2.07. The van der Waals surface area contributed by atoms with Crippen LogP contribution in [0.4, 0.5) is 0 Å². The highest BCUT2D eigenvalue weighted by molar-refractivity contribution is 5.16. The molecule has 0 saturated carbocycles. The van der Waals surface area contributed by atoms with Crippen molar-refractivity contribution in [1.82, 2.24) is 25.0 Å². The van der Waals surface area contributed by atoms with E-state index < -0.39 is 0 Å². The topological polar surface area (TPSA) is 59.1 Å². The Hall–Kier alpha value is -1.66. The summed E-state index contributed by atoms with van der Waals surface area (Å²) in [7, 11) is 1.94. The Balaban J connectivity index is 1.69. The molecule has 1 N–H and O–H groups in total. The van der Waals surface area contributed by atoms with Gasteiger partial charge in [0, 0.05) is 25.2 Å². The molecule has 6 nitrogen and oxygen atoms in total. The number of rotatable bonds is 4. The zero-order valence-corrected chi connectivity index (χ0v) is 10.5. The van der Waals surface area contributed by atoms with Crippen LogP contribution in [0.5, 0.6) is 0 Å². The summed E-state index contributed by atoms with van der Waals surface area (Å²) in [5, 5.41) is 11.2. The zero-order valence-electron chi connectivity index (χ0n) is 10.5. The maximum atomic E-state index is 5.56. The standard InChI is InChI=1S/C12H17N5O/c1-13-6-10-2-5-18-11(10)7-16-3-4-17-9-14-15-12(17)8-16/h2,5,9,13H,3-4,6-8H2,1H3. The van der Waals surface area contributed by atoms with Crippen molar-refractivity contribution in [2.24, 2.45) is 0 Å². The quantitative estimate of drug-likeness (QED) is 0.857. The van der Waals surface area contributed by atoms with Gasteiger partial charge in [0.05, 0.1) is 19.4 Å². The Bertz CT molecular complexity index is 518. The van der Waals surface area contributed by atoms with Gasteiger partial charge in [-0.3, -0.25) is 4.90 Å². The fourth-order valence-electron chi connectivity index (χ4n) is 2.31. The SMILES string of the molecule is CNCc1ccoc1CN1CCn2cnnc2C1. The molecule has 1 aliphatic rings. The summed E-state index contributed by atoms with van der Waals surface area (Å²) in [5.41, 5.74) is 1.23. The Morgan fingerprint density at radius 2 is 2.39 bits per heavy atom. The van der Waals surface area contributed by atoms with Crippen molar-refractivity contribution in [3.05, 3.63) is 35.8 Å². The second-order valence-corrected chi connectivity index (χ2v) is 4.55. The third-order valence-corrected chi connectivity index (χ3v) is 3.29. The summed E-state index contributed by atoms with van der Waals surface area (Å²) in [6.45, 7) is 4.46. The first-order chi connectivity index (χ1) is 8.86.